The van der Waals surface area contributed by atoms with Gasteiger partial charge in [0.2, 0.25) is 0 Å². The third kappa shape index (κ3) is 1.10. The van der Waals surface area contributed by atoms with Crippen LogP contribution in [0.15, 0.2) is 0 Å². The molecule has 0 spiro atoms. The lowest BCUT2D eigenvalue weighted by atomic mass is 9.65. The standard InChI is InChI=1S/C10H14O3/c11-9-7-1-6-2-8(13-9)5-10(12,3-6)4-7/h6-8,12H,1-5H2/t6-,7-,8+,10-/m1/s1. The Morgan fingerprint density at radius 3 is 2.92 bits per heavy atom. The van der Waals surface area contributed by atoms with Crippen molar-refractivity contribution in [1.29, 1.82) is 0 Å². The van der Waals surface area contributed by atoms with Crippen molar-refractivity contribution in [2.45, 2.75) is 43.8 Å². The Morgan fingerprint density at radius 2 is 2.15 bits per heavy atom. The first-order valence-electron chi connectivity index (χ1n) is 5.07. The molecule has 72 valence electrons. The lowest BCUT2D eigenvalue weighted by Gasteiger charge is -2.42. The van der Waals surface area contributed by atoms with E-state index in [-0.39, 0.29) is 18.0 Å². The molecule has 0 amide bonds. The molecular weight excluding hydrogens is 168 g/mol. The van der Waals surface area contributed by atoms with Gasteiger partial charge in [-0.2, -0.15) is 0 Å². The Kier molecular flexibility index (Phi) is 1.36. The number of ether oxygens (including phenoxy) is 1. The van der Waals surface area contributed by atoms with Gasteiger partial charge in [0.1, 0.15) is 6.10 Å². The average Bonchev–Trinajstić information content (AvgIpc) is 2.12. The molecule has 2 heterocycles. The summed E-state index contributed by atoms with van der Waals surface area (Å²) in [5.74, 6) is 0.438. The van der Waals surface area contributed by atoms with Gasteiger partial charge in [-0.1, -0.05) is 0 Å². The van der Waals surface area contributed by atoms with E-state index in [1.165, 1.54) is 0 Å². The molecule has 2 saturated carbocycles. The summed E-state index contributed by atoms with van der Waals surface area (Å²) in [5.41, 5.74) is -0.581. The predicted octanol–water partition coefficient (Wildman–Crippen LogP) is 0.853. The number of carbonyl (C=O) groups is 1. The highest BCUT2D eigenvalue weighted by atomic mass is 16.5. The van der Waals surface area contributed by atoms with E-state index >= 15 is 0 Å². The second kappa shape index (κ2) is 2.27. The Hall–Kier alpha value is -0.570. The molecule has 4 atom stereocenters. The van der Waals surface area contributed by atoms with Crippen molar-refractivity contribution in [2.75, 3.05) is 0 Å². The summed E-state index contributed by atoms with van der Waals surface area (Å²) >= 11 is 0. The van der Waals surface area contributed by atoms with Crippen LogP contribution in [0.3, 0.4) is 0 Å². The van der Waals surface area contributed by atoms with Crippen LogP contribution in [-0.4, -0.2) is 22.8 Å². The molecule has 1 N–H and O–H groups in total. The molecular formula is C10H14O3. The monoisotopic (exact) mass is 182 g/mol. The van der Waals surface area contributed by atoms with Gasteiger partial charge in [-0.3, -0.25) is 4.79 Å². The van der Waals surface area contributed by atoms with Crippen LogP contribution >= 0.6 is 0 Å². The molecule has 0 aromatic carbocycles. The summed E-state index contributed by atoms with van der Waals surface area (Å²) in [6.07, 6.45) is 4.12. The fourth-order valence-corrected chi connectivity index (χ4v) is 3.40. The van der Waals surface area contributed by atoms with Crippen LogP contribution in [0.25, 0.3) is 0 Å². The van der Waals surface area contributed by atoms with Gasteiger partial charge in [0.25, 0.3) is 0 Å². The molecule has 2 saturated heterocycles. The van der Waals surface area contributed by atoms with Gasteiger partial charge in [0.15, 0.2) is 0 Å². The van der Waals surface area contributed by atoms with Crippen molar-refractivity contribution in [2.24, 2.45) is 11.8 Å². The maximum absolute atomic E-state index is 11.5. The zero-order valence-electron chi connectivity index (χ0n) is 7.53. The number of hydrogen-bond acceptors (Lipinski definition) is 3. The van der Waals surface area contributed by atoms with Crippen LogP contribution in [0.5, 0.6) is 0 Å². The van der Waals surface area contributed by atoms with Gasteiger partial charge in [-0.15, -0.1) is 0 Å². The molecule has 2 aliphatic heterocycles. The van der Waals surface area contributed by atoms with Crippen LogP contribution in [0, 0.1) is 11.8 Å². The number of hydrogen-bond donors (Lipinski definition) is 1. The van der Waals surface area contributed by atoms with Gasteiger partial charge >= 0.3 is 5.97 Å². The molecule has 0 radical (unpaired) electrons. The van der Waals surface area contributed by atoms with Crippen molar-refractivity contribution in [3.05, 3.63) is 0 Å². The molecule has 13 heavy (non-hydrogen) atoms. The Morgan fingerprint density at radius 1 is 1.31 bits per heavy atom. The third-order valence-electron chi connectivity index (χ3n) is 3.73. The zero-order chi connectivity index (χ0) is 9.05. The fourth-order valence-electron chi connectivity index (χ4n) is 3.40. The number of rotatable bonds is 0. The highest BCUT2D eigenvalue weighted by Crippen LogP contribution is 2.49. The van der Waals surface area contributed by atoms with E-state index in [4.69, 9.17) is 4.74 Å². The molecule has 4 rings (SSSR count). The van der Waals surface area contributed by atoms with E-state index in [1.807, 2.05) is 0 Å². The minimum Gasteiger partial charge on any atom is -0.462 e. The van der Waals surface area contributed by atoms with E-state index in [9.17, 15) is 9.90 Å². The smallest absolute Gasteiger partial charge is 0.309 e. The first kappa shape index (κ1) is 7.80. The first-order valence-corrected chi connectivity index (χ1v) is 5.07. The molecule has 4 fully saturated rings. The largest absolute Gasteiger partial charge is 0.462 e. The molecule has 0 aromatic rings. The summed E-state index contributed by atoms with van der Waals surface area (Å²) in [7, 11) is 0. The zero-order valence-corrected chi connectivity index (χ0v) is 7.53. The second-order valence-electron chi connectivity index (χ2n) is 4.93. The summed E-state index contributed by atoms with van der Waals surface area (Å²) in [4.78, 5) is 11.5. The lowest BCUT2D eigenvalue weighted by Crippen LogP contribution is -2.44. The second-order valence-corrected chi connectivity index (χ2v) is 4.93. The van der Waals surface area contributed by atoms with E-state index in [0.29, 0.717) is 18.8 Å². The van der Waals surface area contributed by atoms with Crippen LogP contribution in [0.4, 0.5) is 0 Å². The van der Waals surface area contributed by atoms with Crippen LogP contribution in [0.2, 0.25) is 0 Å². The van der Waals surface area contributed by atoms with Gasteiger partial charge in [-0.25, -0.2) is 0 Å². The molecule has 3 nitrogen and oxygen atoms in total. The summed E-state index contributed by atoms with van der Waals surface area (Å²) in [6.45, 7) is 0. The van der Waals surface area contributed by atoms with Crippen molar-refractivity contribution >= 4 is 5.97 Å². The van der Waals surface area contributed by atoms with Gasteiger partial charge in [0.05, 0.1) is 11.5 Å². The van der Waals surface area contributed by atoms with Gasteiger partial charge < -0.3 is 9.84 Å². The maximum Gasteiger partial charge on any atom is 0.309 e. The molecule has 4 aliphatic rings. The Balaban J connectivity index is 2.00. The van der Waals surface area contributed by atoms with Crippen LogP contribution in [-0.2, 0) is 9.53 Å². The number of fused-ring (bicyclic) bond motifs is 1. The van der Waals surface area contributed by atoms with Gasteiger partial charge in [0, 0.05) is 6.42 Å². The molecule has 2 aliphatic carbocycles. The predicted molar refractivity (Wildman–Crippen MR) is 44.9 cm³/mol. The van der Waals surface area contributed by atoms with Crippen molar-refractivity contribution in [3.8, 4) is 0 Å². The van der Waals surface area contributed by atoms with E-state index in [0.717, 1.165) is 19.3 Å². The van der Waals surface area contributed by atoms with Crippen molar-refractivity contribution in [3.63, 3.8) is 0 Å². The molecule has 0 unspecified atom stereocenters. The highest BCUT2D eigenvalue weighted by Gasteiger charge is 2.51. The molecule has 4 bridgehead atoms. The highest BCUT2D eigenvalue weighted by molar-refractivity contribution is 5.73. The lowest BCUT2D eigenvalue weighted by molar-refractivity contribution is -0.151. The number of aliphatic hydroxyl groups is 1. The normalized spacial score (nSPS) is 53.3. The number of esters is 1. The van der Waals surface area contributed by atoms with Crippen LogP contribution in [0.1, 0.15) is 32.1 Å². The number of carbonyl (C=O) groups excluding carboxylic acids is 1. The van der Waals surface area contributed by atoms with E-state index in [1.54, 1.807) is 0 Å². The average molecular weight is 182 g/mol. The maximum atomic E-state index is 11.5. The van der Waals surface area contributed by atoms with E-state index < -0.39 is 5.60 Å². The quantitative estimate of drug-likeness (QED) is 0.565. The van der Waals surface area contributed by atoms with Gasteiger partial charge in [-0.05, 0) is 31.6 Å². The minimum absolute atomic E-state index is 0.00347. The minimum atomic E-state index is -0.581. The van der Waals surface area contributed by atoms with Crippen molar-refractivity contribution < 1.29 is 14.6 Å². The molecule has 3 heteroatoms. The summed E-state index contributed by atoms with van der Waals surface area (Å²) in [6, 6.07) is 0. The Bertz CT molecular complexity index is 263. The van der Waals surface area contributed by atoms with Crippen molar-refractivity contribution in [1.82, 2.24) is 0 Å². The third-order valence-corrected chi connectivity index (χ3v) is 3.73. The molecule has 0 aromatic heterocycles. The summed E-state index contributed by atoms with van der Waals surface area (Å²) in [5, 5.41) is 10.2. The van der Waals surface area contributed by atoms with Crippen LogP contribution < -0.4 is 0 Å². The van der Waals surface area contributed by atoms with E-state index in [2.05, 4.69) is 0 Å². The Labute approximate surface area is 77.1 Å². The topological polar surface area (TPSA) is 46.5 Å². The summed E-state index contributed by atoms with van der Waals surface area (Å²) < 4.78 is 5.30. The first-order chi connectivity index (χ1) is 6.15. The SMILES string of the molecule is O=C1O[C@H]2C[C@H]3C[C@@H]1C[C@](O)(C3)C2. The fraction of sp³-hybridized carbons (Fsp3) is 0.900.